The van der Waals surface area contributed by atoms with E-state index in [2.05, 4.69) is 6.58 Å². The summed E-state index contributed by atoms with van der Waals surface area (Å²) in [6.45, 7) is 6.61. The smallest absolute Gasteiger partial charge is 0.310 e. The van der Waals surface area contributed by atoms with Crippen molar-refractivity contribution < 1.29 is 29.3 Å². The standard InChI is InChI=1S/C26H34N2O6/c1-3-14-27(17-18-10-6-4-7-11-18)23(31)21-26-13-12-25(2,34-26)20(24(32)33)19(26)22(30)28(21)15-8-5-9-16-29/h3-4,6-7,10-11,19-21,29H,1,5,8-9,12-17H2,2H3,(H,32,33)/t19-,20-,21?,25+,26?/m0/s1. The van der Waals surface area contributed by atoms with E-state index < -0.39 is 35.0 Å². The number of unbranched alkanes of at least 4 members (excludes halogenated alkanes) is 2. The van der Waals surface area contributed by atoms with E-state index in [0.717, 1.165) is 5.56 Å². The average molecular weight is 471 g/mol. The topological polar surface area (TPSA) is 107 Å². The van der Waals surface area contributed by atoms with Crippen LogP contribution in [-0.2, 0) is 25.7 Å². The van der Waals surface area contributed by atoms with Crippen LogP contribution in [-0.4, -0.2) is 74.7 Å². The number of hydrogen-bond acceptors (Lipinski definition) is 5. The molecule has 184 valence electrons. The summed E-state index contributed by atoms with van der Waals surface area (Å²) in [7, 11) is 0. The van der Waals surface area contributed by atoms with Gasteiger partial charge >= 0.3 is 5.97 Å². The van der Waals surface area contributed by atoms with Gasteiger partial charge in [0, 0.05) is 26.2 Å². The first-order chi connectivity index (χ1) is 16.3. The molecule has 3 heterocycles. The minimum absolute atomic E-state index is 0.0651. The number of ether oxygens (including phenoxy) is 1. The second-order valence-corrected chi connectivity index (χ2v) is 9.87. The molecule has 0 radical (unpaired) electrons. The predicted molar refractivity (Wildman–Crippen MR) is 125 cm³/mol. The Balaban J connectivity index is 1.70. The number of carbonyl (C=O) groups is 3. The number of rotatable bonds is 11. The number of carboxylic acids is 1. The summed E-state index contributed by atoms with van der Waals surface area (Å²) in [5, 5.41) is 19.1. The van der Waals surface area contributed by atoms with E-state index in [-0.39, 0.29) is 18.4 Å². The first kappa shape index (κ1) is 24.4. The summed E-state index contributed by atoms with van der Waals surface area (Å²) >= 11 is 0. The Morgan fingerprint density at radius 2 is 1.97 bits per heavy atom. The number of nitrogens with zero attached hydrogens (tertiary/aromatic N) is 2. The van der Waals surface area contributed by atoms with E-state index in [9.17, 15) is 19.5 Å². The number of benzene rings is 1. The molecule has 4 rings (SSSR count). The molecule has 3 fully saturated rings. The van der Waals surface area contributed by atoms with Crippen LogP contribution in [0.3, 0.4) is 0 Å². The number of aliphatic hydroxyl groups excluding tert-OH is 1. The maximum atomic E-state index is 14.1. The van der Waals surface area contributed by atoms with E-state index >= 15 is 0 Å². The molecule has 1 aromatic rings. The maximum Gasteiger partial charge on any atom is 0.310 e. The number of aliphatic carboxylic acids is 1. The van der Waals surface area contributed by atoms with Gasteiger partial charge in [-0.2, -0.15) is 0 Å². The largest absolute Gasteiger partial charge is 0.481 e. The highest BCUT2D eigenvalue weighted by Gasteiger charge is 2.78. The van der Waals surface area contributed by atoms with E-state index in [1.165, 1.54) is 0 Å². The Kier molecular flexibility index (Phi) is 6.82. The van der Waals surface area contributed by atoms with Crippen molar-refractivity contribution in [3.05, 3.63) is 48.6 Å². The van der Waals surface area contributed by atoms with Gasteiger partial charge in [0.15, 0.2) is 0 Å². The highest BCUT2D eigenvalue weighted by Crippen LogP contribution is 2.63. The number of carboxylic acid groups (broad SMARTS) is 1. The first-order valence-electron chi connectivity index (χ1n) is 12.1. The summed E-state index contributed by atoms with van der Waals surface area (Å²) in [6, 6.07) is 8.73. The number of aliphatic hydroxyl groups is 1. The molecule has 2 bridgehead atoms. The number of amides is 2. The molecule has 3 saturated heterocycles. The van der Waals surface area contributed by atoms with Gasteiger partial charge in [-0.1, -0.05) is 36.4 Å². The van der Waals surface area contributed by atoms with Crippen molar-refractivity contribution in [3.63, 3.8) is 0 Å². The first-order valence-corrected chi connectivity index (χ1v) is 12.1. The lowest BCUT2D eigenvalue weighted by molar-refractivity contribution is -0.156. The van der Waals surface area contributed by atoms with Gasteiger partial charge in [-0.15, -0.1) is 6.58 Å². The second-order valence-electron chi connectivity index (χ2n) is 9.87. The number of hydrogen-bond donors (Lipinski definition) is 2. The van der Waals surface area contributed by atoms with Crippen LogP contribution in [0, 0.1) is 11.8 Å². The van der Waals surface area contributed by atoms with Crippen LogP contribution in [0.15, 0.2) is 43.0 Å². The lowest BCUT2D eigenvalue weighted by Gasteiger charge is -2.37. The van der Waals surface area contributed by atoms with Crippen molar-refractivity contribution in [1.82, 2.24) is 9.80 Å². The normalized spacial score (nSPS) is 31.5. The maximum absolute atomic E-state index is 14.1. The highest BCUT2D eigenvalue weighted by atomic mass is 16.5. The van der Waals surface area contributed by atoms with E-state index in [0.29, 0.717) is 51.7 Å². The van der Waals surface area contributed by atoms with E-state index in [1.54, 1.807) is 22.8 Å². The third kappa shape index (κ3) is 3.92. The Bertz CT molecular complexity index is 952. The Morgan fingerprint density at radius 1 is 1.24 bits per heavy atom. The fraction of sp³-hybridized carbons (Fsp3) is 0.577. The molecule has 3 aliphatic rings. The molecular formula is C26H34N2O6. The average Bonchev–Trinajstić information content (AvgIpc) is 3.37. The van der Waals surface area contributed by atoms with Crippen molar-refractivity contribution in [1.29, 1.82) is 0 Å². The minimum Gasteiger partial charge on any atom is -0.481 e. The molecule has 8 nitrogen and oxygen atoms in total. The monoisotopic (exact) mass is 470 g/mol. The molecule has 1 spiro atoms. The van der Waals surface area contributed by atoms with Crippen LogP contribution < -0.4 is 0 Å². The summed E-state index contributed by atoms with van der Waals surface area (Å²) in [6.07, 6.45) is 4.57. The molecule has 0 aliphatic carbocycles. The lowest BCUT2D eigenvalue weighted by atomic mass is 9.66. The van der Waals surface area contributed by atoms with Crippen molar-refractivity contribution in [2.24, 2.45) is 11.8 Å². The Morgan fingerprint density at radius 3 is 2.62 bits per heavy atom. The number of carbonyl (C=O) groups excluding carboxylic acids is 2. The van der Waals surface area contributed by atoms with Crippen molar-refractivity contribution >= 4 is 17.8 Å². The second kappa shape index (κ2) is 9.50. The predicted octanol–water partition coefficient (Wildman–Crippen LogP) is 2.21. The van der Waals surface area contributed by atoms with Crippen LogP contribution in [0.25, 0.3) is 0 Å². The Hall–Kier alpha value is -2.71. The zero-order chi connectivity index (χ0) is 24.5. The van der Waals surface area contributed by atoms with Crippen LogP contribution >= 0.6 is 0 Å². The third-order valence-electron chi connectivity index (χ3n) is 7.71. The van der Waals surface area contributed by atoms with Crippen LogP contribution in [0.1, 0.15) is 44.6 Å². The number of likely N-dealkylation sites (tertiary alicyclic amines) is 1. The molecule has 1 aromatic carbocycles. The van der Waals surface area contributed by atoms with Gasteiger partial charge in [-0.25, -0.2) is 0 Å². The van der Waals surface area contributed by atoms with Gasteiger partial charge in [0.2, 0.25) is 11.8 Å². The summed E-state index contributed by atoms with van der Waals surface area (Å²) in [4.78, 5) is 43.3. The molecule has 2 unspecified atom stereocenters. The minimum atomic E-state index is -1.14. The molecular weight excluding hydrogens is 436 g/mol. The quantitative estimate of drug-likeness (QED) is 0.379. The molecule has 8 heteroatoms. The summed E-state index contributed by atoms with van der Waals surface area (Å²) in [5.41, 5.74) is -1.15. The lowest BCUT2D eigenvalue weighted by Crippen LogP contribution is -2.56. The van der Waals surface area contributed by atoms with Gasteiger partial charge in [0.1, 0.15) is 11.6 Å². The van der Waals surface area contributed by atoms with Gasteiger partial charge in [-0.05, 0) is 44.6 Å². The molecule has 0 saturated carbocycles. The molecule has 2 N–H and O–H groups in total. The SMILES string of the molecule is C=CCN(Cc1ccccc1)C(=O)C1N(CCCCCO)C(=O)[C@@H]2[C@@H](C(=O)O)[C@@]3(C)CCC12O3. The fourth-order valence-corrected chi connectivity index (χ4v) is 6.26. The van der Waals surface area contributed by atoms with Gasteiger partial charge in [0.25, 0.3) is 0 Å². The molecule has 3 aliphatic heterocycles. The van der Waals surface area contributed by atoms with Crippen molar-refractivity contribution in [2.45, 2.75) is 62.8 Å². The van der Waals surface area contributed by atoms with Crippen molar-refractivity contribution in [3.8, 4) is 0 Å². The van der Waals surface area contributed by atoms with Gasteiger partial charge in [-0.3, -0.25) is 14.4 Å². The van der Waals surface area contributed by atoms with E-state index in [1.807, 2.05) is 30.3 Å². The fourth-order valence-electron chi connectivity index (χ4n) is 6.26. The third-order valence-corrected chi connectivity index (χ3v) is 7.71. The van der Waals surface area contributed by atoms with Crippen LogP contribution in [0.2, 0.25) is 0 Å². The van der Waals surface area contributed by atoms with E-state index in [4.69, 9.17) is 9.84 Å². The summed E-state index contributed by atoms with van der Waals surface area (Å²) in [5.74, 6) is -3.46. The number of fused-ring (bicyclic) bond motifs is 1. The molecule has 5 atom stereocenters. The zero-order valence-electron chi connectivity index (χ0n) is 19.7. The van der Waals surface area contributed by atoms with Crippen molar-refractivity contribution in [2.75, 3.05) is 19.7 Å². The van der Waals surface area contributed by atoms with Gasteiger partial charge in [0.05, 0.1) is 17.4 Å². The molecule has 2 amide bonds. The Labute approximate surface area is 200 Å². The van der Waals surface area contributed by atoms with Gasteiger partial charge < -0.3 is 24.7 Å². The van der Waals surface area contributed by atoms with Crippen LogP contribution in [0.5, 0.6) is 0 Å². The van der Waals surface area contributed by atoms with Crippen LogP contribution in [0.4, 0.5) is 0 Å². The highest BCUT2D eigenvalue weighted by molar-refractivity contribution is 5.98. The summed E-state index contributed by atoms with van der Waals surface area (Å²) < 4.78 is 6.43. The molecule has 34 heavy (non-hydrogen) atoms. The molecule has 0 aromatic heterocycles. The zero-order valence-corrected chi connectivity index (χ0v) is 19.7.